The van der Waals surface area contributed by atoms with Crippen molar-refractivity contribution >= 4 is 36.8 Å². The molecule has 0 N–H and O–H groups in total. The number of halogens is 4. The molecule has 0 heterocycles. The van der Waals surface area contributed by atoms with Crippen molar-refractivity contribution in [3.05, 3.63) is 0 Å². The molecule has 0 aromatic carbocycles. The molecular formula is AgCl4Na2. The Bertz CT molecular complexity index is 25.2. The van der Waals surface area contributed by atoms with Crippen LogP contribution in [0.5, 0.6) is 0 Å². The standard InChI is InChI=1S/Ag.4ClH.2Na/h;4*1H;;/q+2;;;;;2*+1/p-4. The summed E-state index contributed by atoms with van der Waals surface area (Å²) in [7, 11) is 19.9. The van der Waals surface area contributed by atoms with Gasteiger partial charge in [0.15, 0.2) is 0 Å². The quantitative estimate of drug-likeness (QED) is 0.412. The van der Waals surface area contributed by atoms with Crippen LogP contribution < -0.4 is 59.1 Å². The van der Waals surface area contributed by atoms with Crippen LogP contribution in [-0.4, -0.2) is 0 Å². The van der Waals surface area contributed by atoms with Crippen LogP contribution in [0.25, 0.3) is 0 Å². The van der Waals surface area contributed by atoms with Gasteiger partial charge in [-0.1, -0.05) is 0 Å². The average molecular weight is 296 g/mol. The summed E-state index contributed by atoms with van der Waals surface area (Å²) < 4.78 is 0. The zero-order valence-corrected chi connectivity index (χ0v) is 12.3. The molecule has 0 aromatic rings. The van der Waals surface area contributed by atoms with Gasteiger partial charge in [0.25, 0.3) is 0 Å². The van der Waals surface area contributed by atoms with Gasteiger partial charge in [0, 0.05) is 0 Å². The molecule has 41 valence electrons. The third-order valence-electron chi connectivity index (χ3n) is 0. The summed E-state index contributed by atoms with van der Waals surface area (Å²) in [4.78, 5) is 0. The van der Waals surface area contributed by atoms with E-state index in [1.807, 2.05) is 0 Å². The maximum Gasteiger partial charge on any atom is 1.00 e. The van der Waals surface area contributed by atoms with Crippen LogP contribution in [0.15, 0.2) is 0 Å². The van der Waals surface area contributed by atoms with Crippen molar-refractivity contribution in [2.24, 2.45) is 0 Å². The predicted octanol–water partition coefficient (Wildman–Crippen LogP) is -3.24. The van der Waals surface area contributed by atoms with Crippen molar-refractivity contribution in [3.8, 4) is 0 Å². The summed E-state index contributed by atoms with van der Waals surface area (Å²) in [6.07, 6.45) is 0. The van der Waals surface area contributed by atoms with E-state index < -0.39 is 12.8 Å². The van der Waals surface area contributed by atoms with Gasteiger partial charge in [0.2, 0.25) is 0 Å². The molecule has 0 unspecified atom stereocenters. The van der Waals surface area contributed by atoms with Gasteiger partial charge >= 0.3 is 109 Å². The minimum absolute atomic E-state index is 0. The summed E-state index contributed by atoms with van der Waals surface area (Å²) in [5.41, 5.74) is 0. The molecule has 0 amide bonds. The zero-order valence-electron chi connectivity index (χ0n) is 3.81. The Morgan fingerprint density at radius 1 is 0.714 bits per heavy atom. The third kappa shape index (κ3) is 40.6. The van der Waals surface area contributed by atoms with Gasteiger partial charge in [0.05, 0.1) is 0 Å². The van der Waals surface area contributed by atoms with Crippen LogP contribution in [0.3, 0.4) is 0 Å². The van der Waals surface area contributed by atoms with Gasteiger partial charge in [-0.2, -0.15) is 0 Å². The minimum atomic E-state index is -2.73. The molecule has 0 aromatic heterocycles. The van der Waals surface area contributed by atoms with E-state index in [0.717, 1.165) is 0 Å². The van der Waals surface area contributed by atoms with Crippen molar-refractivity contribution in [2.75, 3.05) is 0 Å². The molecule has 0 aliphatic heterocycles. The maximum absolute atomic E-state index is 4.97. The van der Waals surface area contributed by atoms with E-state index in [-0.39, 0.29) is 59.1 Å². The van der Waals surface area contributed by atoms with Gasteiger partial charge in [-0.25, -0.2) is 0 Å². The van der Waals surface area contributed by atoms with E-state index in [9.17, 15) is 0 Å². The Labute approximate surface area is 106 Å². The molecule has 0 rings (SSSR count). The van der Waals surface area contributed by atoms with E-state index >= 15 is 0 Å². The molecule has 0 aliphatic rings. The molecule has 0 saturated heterocycles. The van der Waals surface area contributed by atoms with Crippen molar-refractivity contribution in [2.45, 2.75) is 0 Å². The smallest absolute Gasteiger partial charge is 1.00 e. The monoisotopic (exact) mass is 293 g/mol. The van der Waals surface area contributed by atoms with Crippen LogP contribution in [0.1, 0.15) is 0 Å². The summed E-state index contributed by atoms with van der Waals surface area (Å²) in [6, 6.07) is 0. The van der Waals surface area contributed by atoms with Gasteiger partial charge in [0.1, 0.15) is 0 Å². The van der Waals surface area contributed by atoms with Gasteiger partial charge in [-0.15, -0.1) is 0 Å². The van der Waals surface area contributed by atoms with E-state index in [1.165, 1.54) is 0 Å². The fraction of sp³-hybridized carbons (Fsp3) is 0. The number of rotatable bonds is 0. The second-order valence-corrected chi connectivity index (χ2v) is 13.8. The van der Waals surface area contributed by atoms with Crippen molar-refractivity contribution in [3.63, 3.8) is 0 Å². The van der Waals surface area contributed by atoms with Crippen LogP contribution in [-0.2, 0) is 12.8 Å². The molecule has 0 aliphatic carbocycles. The Hall–Kier alpha value is 3.90. The first-order valence-electron chi connectivity index (χ1n) is 0.456. The van der Waals surface area contributed by atoms with E-state index in [2.05, 4.69) is 0 Å². The second-order valence-electron chi connectivity index (χ2n) is 0.258. The zero-order chi connectivity index (χ0) is 4.50. The topological polar surface area (TPSA) is 0 Å². The van der Waals surface area contributed by atoms with Gasteiger partial charge < -0.3 is 0 Å². The van der Waals surface area contributed by atoms with Crippen molar-refractivity contribution < 1.29 is 71.9 Å². The molecular weight excluding hydrogens is 296 g/mol. The van der Waals surface area contributed by atoms with Crippen LogP contribution in [0.4, 0.5) is 0 Å². The molecule has 0 spiro atoms. The fourth-order valence-corrected chi connectivity index (χ4v) is 0. The normalized spacial score (nSPS) is 10.9. The Balaban J connectivity index is -0.0000000800. The molecule has 0 saturated carbocycles. The molecule has 7 heavy (non-hydrogen) atoms. The molecule has 0 nitrogen and oxygen atoms in total. The number of hydrogen-bond acceptors (Lipinski definition) is 0. The average Bonchev–Trinajstić information content (AvgIpc) is 0.722. The van der Waals surface area contributed by atoms with Crippen LogP contribution in [0, 0.1) is 0 Å². The van der Waals surface area contributed by atoms with E-state index in [4.69, 9.17) is 36.8 Å². The molecule has 0 atom stereocenters. The van der Waals surface area contributed by atoms with Crippen LogP contribution in [0.2, 0.25) is 0 Å². The first kappa shape index (κ1) is 17.1. The van der Waals surface area contributed by atoms with E-state index in [0.29, 0.717) is 0 Å². The first-order chi connectivity index (χ1) is 2.00. The summed E-state index contributed by atoms with van der Waals surface area (Å²) in [5, 5.41) is 0. The molecule has 0 radical (unpaired) electrons. The van der Waals surface area contributed by atoms with Gasteiger partial charge in [-0.3, -0.25) is 0 Å². The number of hydrogen-bond donors (Lipinski definition) is 0. The van der Waals surface area contributed by atoms with Crippen molar-refractivity contribution in [1.82, 2.24) is 0 Å². The predicted molar refractivity (Wildman–Crippen MR) is 23.4 cm³/mol. The Morgan fingerprint density at radius 2 is 0.714 bits per heavy atom. The summed E-state index contributed by atoms with van der Waals surface area (Å²) >= 11 is -2.73. The largest absolute Gasteiger partial charge is 1.00 e. The first-order valence-corrected chi connectivity index (χ1v) is 8.09. The van der Waals surface area contributed by atoms with Crippen LogP contribution >= 0.6 is 36.8 Å². The van der Waals surface area contributed by atoms with Crippen molar-refractivity contribution in [1.29, 1.82) is 0 Å². The Morgan fingerprint density at radius 3 is 0.714 bits per heavy atom. The SMILES string of the molecule is [Cl][Ag-2]([Cl])([Cl])[Cl].[Na+].[Na+]. The summed E-state index contributed by atoms with van der Waals surface area (Å²) in [5.74, 6) is 0. The fourth-order valence-electron chi connectivity index (χ4n) is 0. The molecule has 7 heteroatoms. The second kappa shape index (κ2) is 8.00. The van der Waals surface area contributed by atoms with Gasteiger partial charge in [-0.05, 0) is 0 Å². The van der Waals surface area contributed by atoms with E-state index in [1.54, 1.807) is 0 Å². The third-order valence-corrected chi connectivity index (χ3v) is 0. The minimum Gasteiger partial charge on any atom is 1.00 e. The maximum atomic E-state index is 4.97. The summed E-state index contributed by atoms with van der Waals surface area (Å²) in [6.45, 7) is 0. The molecule has 0 fully saturated rings. The molecule has 0 bridgehead atoms. The Kier molecular flexibility index (Phi) is 19.6.